The van der Waals surface area contributed by atoms with Crippen molar-refractivity contribution in [1.29, 1.82) is 5.26 Å². The Morgan fingerprint density at radius 3 is 2.88 bits per heavy atom. The van der Waals surface area contributed by atoms with E-state index in [1.165, 1.54) is 4.68 Å². The number of anilines is 1. The first-order valence-electron chi connectivity index (χ1n) is 7.52. The highest BCUT2D eigenvalue weighted by Gasteiger charge is 2.03. The van der Waals surface area contributed by atoms with E-state index in [9.17, 15) is 4.79 Å². The molecule has 7 nitrogen and oxygen atoms in total. The molecule has 0 aliphatic heterocycles. The van der Waals surface area contributed by atoms with Crippen LogP contribution in [0.3, 0.4) is 0 Å². The van der Waals surface area contributed by atoms with Crippen molar-refractivity contribution in [3.63, 3.8) is 0 Å². The van der Waals surface area contributed by atoms with Gasteiger partial charge in [-0.2, -0.15) is 10.4 Å². The van der Waals surface area contributed by atoms with E-state index in [1.54, 1.807) is 24.5 Å². The summed E-state index contributed by atoms with van der Waals surface area (Å²) in [7, 11) is 0. The Bertz CT molecular complexity index is 728. The van der Waals surface area contributed by atoms with E-state index >= 15 is 0 Å². The van der Waals surface area contributed by atoms with Gasteiger partial charge >= 0.3 is 0 Å². The minimum Gasteiger partial charge on any atom is -0.395 e. The lowest BCUT2D eigenvalue weighted by molar-refractivity contribution is -0.122. The molecule has 1 heterocycles. The van der Waals surface area contributed by atoms with E-state index in [-0.39, 0.29) is 25.6 Å². The third-order valence-corrected chi connectivity index (χ3v) is 3.15. The summed E-state index contributed by atoms with van der Waals surface area (Å²) in [5.41, 5.74) is 2.47. The van der Waals surface area contributed by atoms with Crippen LogP contribution in [-0.4, -0.2) is 40.5 Å². The second-order valence-electron chi connectivity index (χ2n) is 5.02. The van der Waals surface area contributed by atoms with Crippen LogP contribution >= 0.6 is 0 Å². The van der Waals surface area contributed by atoms with E-state index in [4.69, 9.17) is 10.4 Å². The summed E-state index contributed by atoms with van der Waals surface area (Å²) < 4.78 is 1.53. The zero-order valence-electron chi connectivity index (χ0n) is 13.1. The number of carbonyl (C=O) groups excluding carboxylic acids is 1. The average molecular weight is 325 g/mol. The normalized spacial score (nSPS) is 10.5. The van der Waals surface area contributed by atoms with E-state index in [0.29, 0.717) is 12.1 Å². The molecule has 1 amide bonds. The molecular weight excluding hydrogens is 306 g/mol. The predicted molar refractivity (Wildman–Crippen MR) is 91.0 cm³/mol. The van der Waals surface area contributed by atoms with Gasteiger partial charge in [0.2, 0.25) is 5.91 Å². The van der Waals surface area contributed by atoms with Crippen LogP contribution in [-0.2, 0) is 11.3 Å². The van der Waals surface area contributed by atoms with Crippen LogP contribution in [0.4, 0.5) is 5.69 Å². The van der Waals surface area contributed by atoms with Gasteiger partial charge in [0, 0.05) is 19.3 Å². The smallest absolute Gasteiger partial charge is 0.241 e. The molecule has 0 atom stereocenters. The SMILES string of the molecule is N#Cc1ccc(/C=C/CNc2cnn(CC(=O)NCCO)c2)cc1. The molecule has 124 valence electrons. The number of rotatable bonds is 8. The van der Waals surface area contributed by atoms with Gasteiger partial charge in [0.1, 0.15) is 6.54 Å². The van der Waals surface area contributed by atoms with Crippen molar-refractivity contribution < 1.29 is 9.90 Å². The Kier molecular flexibility index (Phi) is 6.56. The number of hydrogen-bond donors (Lipinski definition) is 3. The molecule has 0 spiro atoms. The van der Waals surface area contributed by atoms with Crippen LogP contribution < -0.4 is 10.6 Å². The Hall–Kier alpha value is -3.11. The van der Waals surface area contributed by atoms with E-state index in [1.807, 2.05) is 24.3 Å². The first-order chi connectivity index (χ1) is 11.7. The molecule has 0 saturated heterocycles. The largest absolute Gasteiger partial charge is 0.395 e. The van der Waals surface area contributed by atoms with Crippen molar-refractivity contribution in [2.75, 3.05) is 25.0 Å². The maximum absolute atomic E-state index is 11.5. The summed E-state index contributed by atoms with van der Waals surface area (Å²) in [6.45, 7) is 0.889. The van der Waals surface area contributed by atoms with E-state index < -0.39 is 0 Å². The van der Waals surface area contributed by atoms with Gasteiger partial charge in [0.15, 0.2) is 0 Å². The molecule has 0 aliphatic carbocycles. The number of benzene rings is 1. The second kappa shape index (κ2) is 9.12. The molecule has 0 unspecified atom stereocenters. The highest BCUT2D eigenvalue weighted by Crippen LogP contribution is 2.07. The molecule has 0 saturated carbocycles. The summed E-state index contributed by atoms with van der Waals surface area (Å²) in [5.74, 6) is -0.195. The quantitative estimate of drug-likeness (QED) is 0.671. The monoisotopic (exact) mass is 325 g/mol. The fourth-order valence-corrected chi connectivity index (χ4v) is 1.98. The standard InChI is InChI=1S/C17H19N5O2/c18-10-15-5-3-14(4-6-15)2-1-7-19-16-11-21-22(12-16)13-17(24)20-8-9-23/h1-6,11-12,19,23H,7-9,13H2,(H,20,24)/b2-1+. The molecule has 1 aromatic carbocycles. The van der Waals surface area contributed by atoms with Gasteiger partial charge in [0.25, 0.3) is 0 Å². The van der Waals surface area contributed by atoms with Crippen LogP contribution in [0.1, 0.15) is 11.1 Å². The molecule has 0 radical (unpaired) electrons. The third kappa shape index (κ3) is 5.59. The van der Waals surface area contributed by atoms with Gasteiger partial charge in [0.05, 0.1) is 30.1 Å². The molecule has 24 heavy (non-hydrogen) atoms. The Morgan fingerprint density at radius 2 is 2.17 bits per heavy atom. The number of nitriles is 1. The Labute approximate surface area is 140 Å². The zero-order valence-corrected chi connectivity index (χ0v) is 13.1. The van der Waals surface area contributed by atoms with Gasteiger partial charge in [-0.05, 0) is 17.7 Å². The fraction of sp³-hybridized carbons (Fsp3) is 0.235. The number of hydrogen-bond acceptors (Lipinski definition) is 5. The number of nitrogens with zero attached hydrogens (tertiary/aromatic N) is 3. The highest BCUT2D eigenvalue weighted by atomic mass is 16.3. The van der Waals surface area contributed by atoms with Gasteiger partial charge in [-0.25, -0.2) is 0 Å². The molecular formula is C17H19N5O2. The number of nitrogens with one attached hydrogen (secondary N) is 2. The summed E-state index contributed by atoms with van der Waals surface area (Å²) >= 11 is 0. The molecule has 0 bridgehead atoms. The van der Waals surface area contributed by atoms with Crippen LogP contribution in [0.5, 0.6) is 0 Å². The van der Waals surface area contributed by atoms with Crippen molar-refractivity contribution in [1.82, 2.24) is 15.1 Å². The molecule has 2 aromatic rings. The topological polar surface area (TPSA) is 103 Å². The summed E-state index contributed by atoms with van der Waals surface area (Å²) in [6.07, 6.45) is 7.32. The Morgan fingerprint density at radius 1 is 1.38 bits per heavy atom. The third-order valence-electron chi connectivity index (χ3n) is 3.15. The van der Waals surface area contributed by atoms with E-state index in [0.717, 1.165) is 11.3 Å². The van der Waals surface area contributed by atoms with Crippen molar-refractivity contribution in [2.45, 2.75) is 6.54 Å². The first-order valence-corrected chi connectivity index (χ1v) is 7.52. The number of aromatic nitrogens is 2. The fourth-order valence-electron chi connectivity index (χ4n) is 1.98. The number of aliphatic hydroxyl groups is 1. The van der Waals surface area contributed by atoms with Crippen LogP contribution in [0, 0.1) is 11.3 Å². The molecule has 0 aliphatic rings. The maximum Gasteiger partial charge on any atom is 0.241 e. The van der Waals surface area contributed by atoms with Crippen LogP contribution in [0.2, 0.25) is 0 Å². The van der Waals surface area contributed by atoms with Gasteiger partial charge in [-0.1, -0.05) is 24.3 Å². The number of carbonyl (C=O) groups is 1. The lowest BCUT2D eigenvalue weighted by Crippen LogP contribution is -2.30. The number of aliphatic hydroxyl groups excluding tert-OH is 1. The molecule has 2 rings (SSSR count). The lowest BCUT2D eigenvalue weighted by atomic mass is 10.1. The van der Waals surface area contributed by atoms with E-state index in [2.05, 4.69) is 21.8 Å². The maximum atomic E-state index is 11.5. The van der Waals surface area contributed by atoms with Crippen LogP contribution in [0.15, 0.2) is 42.7 Å². The van der Waals surface area contributed by atoms with Gasteiger partial charge in [-0.3, -0.25) is 9.48 Å². The van der Waals surface area contributed by atoms with Crippen molar-refractivity contribution in [3.05, 3.63) is 53.9 Å². The van der Waals surface area contributed by atoms with Crippen molar-refractivity contribution in [2.24, 2.45) is 0 Å². The lowest BCUT2D eigenvalue weighted by Gasteiger charge is -2.02. The van der Waals surface area contributed by atoms with Gasteiger partial charge in [-0.15, -0.1) is 0 Å². The molecule has 7 heteroatoms. The average Bonchev–Trinajstić information content (AvgIpc) is 3.04. The minimum atomic E-state index is -0.195. The predicted octanol–water partition coefficient (Wildman–Crippen LogP) is 0.989. The summed E-state index contributed by atoms with van der Waals surface area (Å²) in [4.78, 5) is 11.5. The molecule has 0 fully saturated rings. The second-order valence-corrected chi connectivity index (χ2v) is 5.02. The highest BCUT2D eigenvalue weighted by molar-refractivity contribution is 5.75. The van der Waals surface area contributed by atoms with Crippen molar-refractivity contribution in [3.8, 4) is 6.07 Å². The number of amides is 1. The summed E-state index contributed by atoms with van der Waals surface area (Å²) in [5, 5.41) is 27.2. The van der Waals surface area contributed by atoms with Crippen LogP contribution in [0.25, 0.3) is 6.08 Å². The van der Waals surface area contributed by atoms with Crippen molar-refractivity contribution >= 4 is 17.7 Å². The Balaban J connectivity index is 1.77. The summed E-state index contributed by atoms with van der Waals surface area (Å²) in [6, 6.07) is 9.41. The molecule has 1 aromatic heterocycles. The van der Waals surface area contributed by atoms with Gasteiger partial charge < -0.3 is 15.7 Å². The first kappa shape index (κ1) is 17.2. The molecule has 3 N–H and O–H groups in total. The minimum absolute atomic E-state index is 0.0801. The zero-order chi connectivity index (χ0) is 17.2.